The van der Waals surface area contributed by atoms with Crippen LogP contribution in [0.1, 0.15) is 24.8 Å². The second kappa shape index (κ2) is 7.97. The second-order valence-corrected chi connectivity index (χ2v) is 8.62. The number of hydrogen-bond acceptors (Lipinski definition) is 5. The van der Waals surface area contributed by atoms with Gasteiger partial charge in [0.2, 0.25) is 0 Å². The predicted octanol–water partition coefficient (Wildman–Crippen LogP) is 0.943. The summed E-state index contributed by atoms with van der Waals surface area (Å²) < 4.78 is 23.0. The zero-order valence-corrected chi connectivity index (χ0v) is 15.4. The fraction of sp³-hybridized carbons (Fsp3) is 0.529. The molecule has 0 unspecified atom stereocenters. The molecule has 1 aromatic rings. The molecule has 0 atom stereocenters. The summed E-state index contributed by atoms with van der Waals surface area (Å²) in [4.78, 5) is 25.3. The molecule has 1 saturated heterocycles. The van der Waals surface area contributed by atoms with Crippen LogP contribution < -0.4 is 10.6 Å². The van der Waals surface area contributed by atoms with Crippen LogP contribution >= 0.6 is 0 Å². The van der Waals surface area contributed by atoms with Crippen molar-refractivity contribution < 1.29 is 18.0 Å². The summed E-state index contributed by atoms with van der Waals surface area (Å²) in [6.07, 6.45) is 3.75. The monoisotopic (exact) mass is 367 g/mol. The summed E-state index contributed by atoms with van der Waals surface area (Å²) in [5.74, 6) is 0. The third-order valence-corrected chi connectivity index (χ3v) is 5.65. The van der Waals surface area contributed by atoms with Crippen molar-refractivity contribution in [2.24, 2.45) is 0 Å². The smallest absolute Gasteiger partial charge is 0.317 e. The first-order valence-corrected chi connectivity index (χ1v) is 10.1. The van der Waals surface area contributed by atoms with Crippen LogP contribution in [-0.2, 0) is 21.2 Å². The quantitative estimate of drug-likeness (QED) is 0.730. The van der Waals surface area contributed by atoms with Crippen molar-refractivity contribution in [1.82, 2.24) is 15.5 Å². The van der Waals surface area contributed by atoms with Crippen molar-refractivity contribution in [3.05, 3.63) is 29.8 Å². The van der Waals surface area contributed by atoms with E-state index in [2.05, 4.69) is 10.6 Å². The number of hydrogen-bond donors (Lipinski definition) is 2. The summed E-state index contributed by atoms with van der Waals surface area (Å²) in [6, 6.07) is 6.24. The number of nitrogens with zero attached hydrogens (tertiary/aromatic N) is 1. The Morgan fingerprint density at radius 2 is 1.88 bits per heavy atom. The molecule has 0 bridgehead atoms. The van der Waals surface area contributed by atoms with E-state index in [1.807, 2.05) is 0 Å². The first-order valence-electron chi connectivity index (χ1n) is 8.22. The number of aldehydes is 1. The van der Waals surface area contributed by atoms with Crippen molar-refractivity contribution in [2.45, 2.75) is 36.2 Å². The van der Waals surface area contributed by atoms with Gasteiger partial charge in [-0.25, -0.2) is 13.2 Å². The minimum atomic E-state index is -3.23. The number of carbonyl (C=O) groups is 2. The Hall–Kier alpha value is -1.93. The Morgan fingerprint density at radius 3 is 2.40 bits per heavy atom. The molecule has 0 radical (unpaired) electrons. The van der Waals surface area contributed by atoms with Gasteiger partial charge in [0.15, 0.2) is 9.84 Å². The van der Waals surface area contributed by atoms with Gasteiger partial charge in [-0.15, -0.1) is 0 Å². The lowest BCUT2D eigenvalue weighted by Gasteiger charge is -2.38. The fourth-order valence-electron chi connectivity index (χ4n) is 2.95. The van der Waals surface area contributed by atoms with E-state index in [1.54, 1.807) is 19.2 Å². The summed E-state index contributed by atoms with van der Waals surface area (Å²) in [6.45, 7) is 1.89. The molecule has 0 aromatic heterocycles. The van der Waals surface area contributed by atoms with Crippen LogP contribution in [-0.4, -0.2) is 57.6 Å². The molecule has 1 fully saturated rings. The standard InChI is InChI=1S/C17H25N3O4S/c1-20(13-14-3-5-15(6-4-14)25(2,23)24)16(22)19-17(9-12-21)7-10-18-11-8-17/h3-6,12,18H,7-11,13H2,1-2H3,(H,19,22). The van der Waals surface area contributed by atoms with Gasteiger partial charge in [-0.2, -0.15) is 0 Å². The first kappa shape index (κ1) is 19.4. The fourth-order valence-corrected chi connectivity index (χ4v) is 3.59. The SMILES string of the molecule is CN(Cc1ccc(S(C)(=O)=O)cc1)C(=O)NC1(CC=O)CCNCC1. The van der Waals surface area contributed by atoms with E-state index in [4.69, 9.17) is 0 Å². The number of rotatable bonds is 6. The van der Waals surface area contributed by atoms with Crippen LogP contribution in [0.15, 0.2) is 29.2 Å². The molecule has 8 heteroatoms. The van der Waals surface area contributed by atoms with Crippen LogP contribution in [0, 0.1) is 0 Å². The molecule has 2 N–H and O–H groups in total. The van der Waals surface area contributed by atoms with Crippen LogP contribution in [0.5, 0.6) is 0 Å². The lowest BCUT2D eigenvalue weighted by Crippen LogP contribution is -2.57. The Morgan fingerprint density at radius 1 is 1.28 bits per heavy atom. The molecule has 1 heterocycles. The number of urea groups is 1. The van der Waals surface area contributed by atoms with Gasteiger partial charge in [0, 0.05) is 26.3 Å². The highest BCUT2D eigenvalue weighted by Gasteiger charge is 2.34. The van der Waals surface area contributed by atoms with Gasteiger partial charge < -0.3 is 20.3 Å². The lowest BCUT2D eigenvalue weighted by atomic mass is 9.85. The van der Waals surface area contributed by atoms with E-state index in [1.165, 1.54) is 17.0 Å². The summed E-state index contributed by atoms with van der Waals surface area (Å²) >= 11 is 0. The average molecular weight is 367 g/mol. The highest BCUT2D eigenvalue weighted by Crippen LogP contribution is 2.22. The normalized spacial score (nSPS) is 16.9. The zero-order valence-electron chi connectivity index (χ0n) is 14.6. The van der Waals surface area contributed by atoms with Gasteiger partial charge in [0.1, 0.15) is 6.29 Å². The van der Waals surface area contributed by atoms with Crippen molar-refractivity contribution in [1.29, 1.82) is 0 Å². The topological polar surface area (TPSA) is 95.6 Å². The van der Waals surface area contributed by atoms with E-state index in [9.17, 15) is 18.0 Å². The second-order valence-electron chi connectivity index (χ2n) is 6.60. The van der Waals surface area contributed by atoms with Crippen LogP contribution in [0.4, 0.5) is 4.79 Å². The van der Waals surface area contributed by atoms with E-state index in [-0.39, 0.29) is 10.9 Å². The van der Waals surface area contributed by atoms with Gasteiger partial charge in [0.05, 0.1) is 10.4 Å². The van der Waals surface area contributed by atoms with E-state index < -0.39 is 15.4 Å². The summed E-state index contributed by atoms with van der Waals surface area (Å²) in [5, 5.41) is 6.24. The molecule has 1 aliphatic rings. The third kappa shape index (κ3) is 5.27. The summed E-state index contributed by atoms with van der Waals surface area (Å²) in [7, 11) is -1.55. The van der Waals surface area contributed by atoms with Gasteiger partial charge in [0.25, 0.3) is 0 Å². The molecule has 0 aliphatic carbocycles. The van der Waals surface area contributed by atoms with Gasteiger partial charge in [-0.3, -0.25) is 0 Å². The molecule has 138 valence electrons. The van der Waals surface area contributed by atoms with E-state index in [0.29, 0.717) is 25.8 Å². The van der Waals surface area contributed by atoms with Crippen LogP contribution in [0.3, 0.4) is 0 Å². The minimum absolute atomic E-state index is 0.240. The Kier molecular flexibility index (Phi) is 6.18. The third-order valence-electron chi connectivity index (χ3n) is 4.52. The molecule has 1 aromatic carbocycles. The molecule has 0 spiro atoms. The maximum atomic E-state index is 12.5. The number of piperidine rings is 1. The van der Waals surface area contributed by atoms with Gasteiger partial charge in [-0.05, 0) is 43.6 Å². The zero-order chi connectivity index (χ0) is 18.5. The number of benzene rings is 1. The summed E-state index contributed by atoms with van der Waals surface area (Å²) in [5.41, 5.74) is 0.346. The number of sulfone groups is 1. The molecule has 0 saturated carbocycles. The lowest BCUT2D eigenvalue weighted by molar-refractivity contribution is -0.109. The van der Waals surface area contributed by atoms with Crippen LogP contribution in [0.25, 0.3) is 0 Å². The Labute approximate surface area is 148 Å². The van der Waals surface area contributed by atoms with Crippen molar-refractivity contribution >= 4 is 22.2 Å². The minimum Gasteiger partial charge on any atom is -0.332 e. The number of nitrogens with one attached hydrogen (secondary N) is 2. The van der Waals surface area contributed by atoms with Crippen molar-refractivity contribution in [3.63, 3.8) is 0 Å². The first-order chi connectivity index (χ1) is 11.8. The van der Waals surface area contributed by atoms with Crippen molar-refractivity contribution in [3.8, 4) is 0 Å². The van der Waals surface area contributed by atoms with E-state index >= 15 is 0 Å². The molecular weight excluding hydrogens is 342 g/mol. The van der Waals surface area contributed by atoms with E-state index in [0.717, 1.165) is 31.2 Å². The highest BCUT2D eigenvalue weighted by atomic mass is 32.2. The molecular formula is C17H25N3O4S. The predicted molar refractivity (Wildman–Crippen MR) is 95.1 cm³/mol. The molecule has 2 rings (SSSR count). The maximum Gasteiger partial charge on any atom is 0.317 e. The average Bonchev–Trinajstić information content (AvgIpc) is 2.55. The molecule has 25 heavy (non-hydrogen) atoms. The van der Waals surface area contributed by atoms with Gasteiger partial charge in [-0.1, -0.05) is 12.1 Å². The Bertz CT molecular complexity index is 710. The molecule has 2 amide bonds. The Balaban J connectivity index is 2.00. The number of carbonyl (C=O) groups excluding carboxylic acids is 2. The molecule has 7 nitrogen and oxygen atoms in total. The van der Waals surface area contributed by atoms with Crippen molar-refractivity contribution in [2.75, 3.05) is 26.4 Å². The van der Waals surface area contributed by atoms with Crippen LogP contribution in [0.2, 0.25) is 0 Å². The van der Waals surface area contributed by atoms with Gasteiger partial charge >= 0.3 is 6.03 Å². The largest absolute Gasteiger partial charge is 0.332 e. The highest BCUT2D eigenvalue weighted by molar-refractivity contribution is 7.90. The molecule has 1 aliphatic heterocycles. The number of amides is 2. The maximum absolute atomic E-state index is 12.5.